The van der Waals surface area contributed by atoms with Crippen molar-refractivity contribution < 1.29 is 23.9 Å². The van der Waals surface area contributed by atoms with Crippen LogP contribution < -0.4 is 10.1 Å². The van der Waals surface area contributed by atoms with E-state index in [1.165, 1.54) is 18.3 Å². The Labute approximate surface area is 189 Å². The van der Waals surface area contributed by atoms with Gasteiger partial charge in [-0.05, 0) is 43.7 Å². The summed E-state index contributed by atoms with van der Waals surface area (Å²) in [5, 5.41) is 11.3. The average Bonchev–Trinajstić information content (AvgIpc) is 3.21. The Morgan fingerprint density at radius 2 is 1.72 bits per heavy atom. The second kappa shape index (κ2) is 11.1. The highest BCUT2D eigenvalue weighted by Gasteiger charge is 2.20. The fourth-order valence-corrected chi connectivity index (χ4v) is 3.35. The van der Waals surface area contributed by atoms with Crippen molar-refractivity contribution in [3.05, 3.63) is 70.7 Å². The molecular weight excluding hydrogens is 430 g/mol. The lowest BCUT2D eigenvalue weighted by molar-refractivity contribution is -0.147. The molecular formula is C23H23N3O5S. The molecule has 32 heavy (non-hydrogen) atoms. The van der Waals surface area contributed by atoms with E-state index < -0.39 is 12.1 Å². The zero-order chi connectivity index (χ0) is 22.9. The van der Waals surface area contributed by atoms with Crippen molar-refractivity contribution in [3.63, 3.8) is 0 Å². The van der Waals surface area contributed by atoms with Crippen LogP contribution in [0.1, 0.15) is 40.7 Å². The number of aromatic nitrogens is 2. The first-order valence-electron chi connectivity index (χ1n) is 10.0. The van der Waals surface area contributed by atoms with Gasteiger partial charge < -0.3 is 14.8 Å². The SMILES string of the molecule is Cc1nnc(NC(=O)CCC(=O)O[C@H](C)C(=O)c2ccc(OCc3ccccc3)cc2)s1. The van der Waals surface area contributed by atoms with Crippen LogP contribution >= 0.6 is 11.3 Å². The van der Waals surface area contributed by atoms with Crippen molar-refractivity contribution in [2.75, 3.05) is 5.32 Å². The number of ether oxygens (including phenoxy) is 2. The summed E-state index contributed by atoms with van der Waals surface area (Å²) in [6, 6.07) is 16.4. The van der Waals surface area contributed by atoms with Gasteiger partial charge in [0.15, 0.2) is 6.10 Å². The minimum absolute atomic E-state index is 0.0776. The number of Topliss-reactive ketones (excluding diaryl/α,β-unsaturated/α-hetero) is 1. The summed E-state index contributed by atoms with van der Waals surface area (Å²) in [6.45, 7) is 3.70. The minimum Gasteiger partial charge on any atom is -0.489 e. The van der Waals surface area contributed by atoms with Gasteiger partial charge >= 0.3 is 5.97 Å². The highest BCUT2D eigenvalue weighted by molar-refractivity contribution is 7.15. The molecule has 8 nitrogen and oxygen atoms in total. The van der Waals surface area contributed by atoms with E-state index in [4.69, 9.17) is 9.47 Å². The normalized spacial score (nSPS) is 11.4. The lowest BCUT2D eigenvalue weighted by Crippen LogP contribution is -2.25. The topological polar surface area (TPSA) is 107 Å². The number of carbonyl (C=O) groups is 3. The van der Waals surface area contributed by atoms with Crippen LogP contribution in [0.2, 0.25) is 0 Å². The zero-order valence-corrected chi connectivity index (χ0v) is 18.6. The van der Waals surface area contributed by atoms with E-state index in [0.717, 1.165) is 10.6 Å². The van der Waals surface area contributed by atoms with Gasteiger partial charge in [0.05, 0.1) is 6.42 Å². The summed E-state index contributed by atoms with van der Waals surface area (Å²) in [5.74, 6) is -0.700. The van der Waals surface area contributed by atoms with Gasteiger partial charge in [0.2, 0.25) is 16.8 Å². The Morgan fingerprint density at radius 1 is 1.00 bits per heavy atom. The van der Waals surface area contributed by atoms with E-state index in [2.05, 4.69) is 15.5 Å². The fourth-order valence-electron chi connectivity index (χ4n) is 2.75. The first-order valence-corrected chi connectivity index (χ1v) is 10.8. The molecule has 1 atom stereocenters. The van der Waals surface area contributed by atoms with Gasteiger partial charge in [0, 0.05) is 12.0 Å². The van der Waals surface area contributed by atoms with Crippen molar-refractivity contribution in [1.29, 1.82) is 0 Å². The lowest BCUT2D eigenvalue weighted by atomic mass is 10.1. The maximum atomic E-state index is 12.5. The molecule has 1 N–H and O–H groups in total. The van der Waals surface area contributed by atoms with Gasteiger partial charge in [0.25, 0.3) is 0 Å². The van der Waals surface area contributed by atoms with Crippen molar-refractivity contribution in [2.45, 2.75) is 39.4 Å². The van der Waals surface area contributed by atoms with Crippen molar-refractivity contribution in [1.82, 2.24) is 10.2 Å². The summed E-state index contributed by atoms with van der Waals surface area (Å²) in [6.07, 6.45) is -1.19. The van der Waals surface area contributed by atoms with E-state index in [9.17, 15) is 14.4 Å². The van der Waals surface area contributed by atoms with Crippen LogP contribution in [-0.4, -0.2) is 34.0 Å². The number of rotatable bonds is 10. The van der Waals surface area contributed by atoms with Gasteiger partial charge in [-0.2, -0.15) is 0 Å². The number of carbonyl (C=O) groups excluding carboxylic acids is 3. The van der Waals surface area contributed by atoms with Crippen LogP contribution in [0.3, 0.4) is 0 Å². The van der Waals surface area contributed by atoms with E-state index in [1.54, 1.807) is 31.2 Å². The Morgan fingerprint density at radius 3 is 2.38 bits per heavy atom. The molecule has 9 heteroatoms. The second-order valence-corrected chi connectivity index (χ2v) is 8.15. The van der Waals surface area contributed by atoms with Gasteiger partial charge in [-0.15, -0.1) is 10.2 Å². The molecule has 0 spiro atoms. The monoisotopic (exact) mass is 453 g/mol. The third kappa shape index (κ3) is 6.98. The number of aryl methyl sites for hydroxylation is 1. The first-order chi connectivity index (χ1) is 15.4. The molecule has 3 rings (SSSR count). The van der Waals surface area contributed by atoms with Crippen molar-refractivity contribution in [2.24, 2.45) is 0 Å². The quantitative estimate of drug-likeness (QED) is 0.366. The number of anilines is 1. The third-order valence-electron chi connectivity index (χ3n) is 4.39. The average molecular weight is 454 g/mol. The molecule has 0 aliphatic rings. The van der Waals surface area contributed by atoms with E-state index >= 15 is 0 Å². The van der Waals surface area contributed by atoms with Crippen LogP contribution in [0.15, 0.2) is 54.6 Å². The molecule has 0 bridgehead atoms. The number of esters is 1. The Hall–Kier alpha value is -3.59. The molecule has 0 unspecified atom stereocenters. The molecule has 166 valence electrons. The van der Waals surface area contributed by atoms with Crippen LogP contribution in [-0.2, 0) is 20.9 Å². The number of nitrogens with one attached hydrogen (secondary N) is 1. The minimum atomic E-state index is -0.965. The highest BCUT2D eigenvalue weighted by Crippen LogP contribution is 2.17. The first kappa shape index (κ1) is 23.1. The standard InChI is InChI=1S/C23H23N3O5S/c1-15(31-21(28)13-12-20(27)24-23-26-25-16(2)32-23)22(29)18-8-10-19(11-9-18)30-14-17-6-4-3-5-7-17/h3-11,15H,12-14H2,1-2H3,(H,24,26,27)/t15-/m1/s1. The number of ketones is 1. The number of hydrogen-bond acceptors (Lipinski definition) is 8. The molecule has 0 fully saturated rings. The predicted octanol–water partition coefficient (Wildman–Crippen LogP) is 3.96. The number of hydrogen-bond donors (Lipinski definition) is 1. The van der Waals surface area contributed by atoms with Crippen LogP contribution in [0, 0.1) is 6.92 Å². The van der Waals surface area contributed by atoms with Crippen LogP contribution in [0.25, 0.3) is 0 Å². The molecule has 1 amide bonds. The fraction of sp³-hybridized carbons (Fsp3) is 0.261. The Kier molecular flexibility index (Phi) is 8.04. The van der Waals surface area contributed by atoms with Gasteiger partial charge in [-0.1, -0.05) is 41.7 Å². The van der Waals surface area contributed by atoms with Crippen LogP contribution in [0.5, 0.6) is 5.75 Å². The van der Waals surface area contributed by atoms with Crippen molar-refractivity contribution >= 4 is 34.1 Å². The van der Waals surface area contributed by atoms with Gasteiger partial charge in [-0.3, -0.25) is 14.4 Å². The molecule has 1 aromatic heterocycles. The molecule has 2 aromatic carbocycles. The highest BCUT2D eigenvalue weighted by atomic mass is 32.1. The summed E-state index contributed by atoms with van der Waals surface area (Å²) in [4.78, 5) is 36.4. The Balaban J connectivity index is 1.42. The number of benzene rings is 2. The van der Waals surface area contributed by atoms with E-state index in [0.29, 0.717) is 23.1 Å². The number of amides is 1. The predicted molar refractivity (Wildman–Crippen MR) is 120 cm³/mol. The lowest BCUT2D eigenvalue weighted by Gasteiger charge is -2.13. The summed E-state index contributed by atoms with van der Waals surface area (Å²) < 4.78 is 10.9. The zero-order valence-electron chi connectivity index (χ0n) is 17.7. The molecule has 0 saturated carbocycles. The molecule has 3 aromatic rings. The summed E-state index contributed by atoms with van der Waals surface area (Å²) >= 11 is 1.24. The molecule has 0 saturated heterocycles. The molecule has 0 aliphatic carbocycles. The maximum Gasteiger partial charge on any atom is 0.307 e. The maximum absolute atomic E-state index is 12.5. The van der Waals surface area contributed by atoms with E-state index in [-0.39, 0.29) is 24.5 Å². The Bertz CT molecular complexity index is 1070. The largest absolute Gasteiger partial charge is 0.489 e. The molecule has 0 aliphatic heterocycles. The van der Waals surface area contributed by atoms with E-state index in [1.807, 2.05) is 30.3 Å². The third-order valence-corrected chi connectivity index (χ3v) is 5.15. The second-order valence-electron chi connectivity index (χ2n) is 6.97. The smallest absolute Gasteiger partial charge is 0.307 e. The number of nitrogens with zero attached hydrogens (tertiary/aromatic N) is 2. The summed E-state index contributed by atoms with van der Waals surface area (Å²) in [7, 11) is 0. The molecule has 1 heterocycles. The summed E-state index contributed by atoms with van der Waals surface area (Å²) in [5.41, 5.74) is 1.45. The van der Waals surface area contributed by atoms with Crippen molar-refractivity contribution in [3.8, 4) is 5.75 Å². The van der Waals surface area contributed by atoms with Gasteiger partial charge in [0.1, 0.15) is 17.4 Å². The van der Waals surface area contributed by atoms with Crippen LogP contribution in [0.4, 0.5) is 5.13 Å². The molecule has 0 radical (unpaired) electrons. The van der Waals surface area contributed by atoms with Gasteiger partial charge in [-0.25, -0.2) is 0 Å².